The van der Waals surface area contributed by atoms with Crippen molar-refractivity contribution in [2.45, 2.75) is 19.4 Å². The van der Waals surface area contributed by atoms with Crippen LogP contribution in [-0.2, 0) is 11.2 Å². The van der Waals surface area contributed by atoms with Crippen molar-refractivity contribution in [3.05, 3.63) is 99.0 Å². The quantitative estimate of drug-likeness (QED) is 0.262. The third kappa shape index (κ3) is 5.20. The summed E-state index contributed by atoms with van der Waals surface area (Å²) in [5.74, 6) is -0.273. The number of halogens is 2. The molecule has 2 heterocycles. The van der Waals surface area contributed by atoms with Gasteiger partial charge in [0.15, 0.2) is 0 Å². The van der Waals surface area contributed by atoms with Gasteiger partial charge in [-0.25, -0.2) is 14.4 Å². The van der Waals surface area contributed by atoms with Gasteiger partial charge in [-0.1, -0.05) is 12.1 Å². The van der Waals surface area contributed by atoms with E-state index in [9.17, 15) is 14.0 Å². The monoisotopic (exact) mass is 593 g/mol. The maximum atomic E-state index is 13.1. The number of aromatic nitrogens is 2. The van der Waals surface area contributed by atoms with E-state index in [0.717, 1.165) is 25.9 Å². The van der Waals surface area contributed by atoms with Crippen molar-refractivity contribution in [1.29, 1.82) is 0 Å². The van der Waals surface area contributed by atoms with Gasteiger partial charge in [0.2, 0.25) is 11.9 Å². The molecule has 36 heavy (non-hydrogen) atoms. The Morgan fingerprint density at radius 3 is 2.58 bits per heavy atom. The zero-order valence-electron chi connectivity index (χ0n) is 19.2. The number of hydrogen-bond acceptors (Lipinski definition) is 5. The highest BCUT2D eigenvalue weighted by Gasteiger charge is 2.21. The molecule has 1 atom stereocenters. The number of amides is 2. The van der Waals surface area contributed by atoms with Crippen LogP contribution in [0.4, 0.5) is 21.7 Å². The zero-order valence-corrected chi connectivity index (χ0v) is 21.3. The number of nitrogens with one attached hydrogen (secondary N) is 3. The van der Waals surface area contributed by atoms with Gasteiger partial charge in [0, 0.05) is 32.1 Å². The predicted octanol–water partition coefficient (Wildman–Crippen LogP) is 5.62. The van der Waals surface area contributed by atoms with Crippen LogP contribution in [0.15, 0.2) is 72.9 Å². The van der Waals surface area contributed by atoms with Gasteiger partial charge in [-0.15, -0.1) is 0 Å². The van der Waals surface area contributed by atoms with Crippen molar-refractivity contribution in [1.82, 2.24) is 15.3 Å². The zero-order chi connectivity index (χ0) is 25.2. The van der Waals surface area contributed by atoms with Gasteiger partial charge in [0.25, 0.3) is 5.91 Å². The van der Waals surface area contributed by atoms with E-state index >= 15 is 0 Å². The molecule has 0 spiro atoms. The molecule has 0 aliphatic carbocycles. The van der Waals surface area contributed by atoms with Gasteiger partial charge < -0.3 is 16.0 Å². The van der Waals surface area contributed by atoms with Crippen molar-refractivity contribution >= 4 is 51.7 Å². The lowest BCUT2D eigenvalue weighted by Crippen LogP contribution is -2.26. The van der Waals surface area contributed by atoms with Crippen molar-refractivity contribution < 1.29 is 14.0 Å². The molecule has 1 aromatic heterocycles. The summed E-state index contributed by atoms with van der Waals surface area (Å²) in [6, 6.07) is 18.6. The normalized spacial score (nSPS) is 13.0. The standard InChI is InChI=1S/C27H21FIN5O2/c1-15(16-2-6-19(28)7-3-16)31-26(36)17-4-9-21(10-5-17)32-27-30-14-18-12-24(35)33-23-13-20(29)8-11-22(23)25(18)34-27/h2-11,13-15H,12H2,1H3,(H,31,36)(H,33,35)(H,30,32,34). The highest BCUT2D eigenvalue weighted by Crippen LogP contribution is 2.34. The maximum Gasteiger partial charge on any atom is 0.251 e. The average molecular weight is 593 g/mol. The summed E-state index contributed by atoms with van der Waals surface area (Å²) >= 11 is 2.21. The molecule has 9 heteroatoms. The second-order valence-corrected chi connectivity index (χ2v) is 9.68. The van der Waals surface area contributed by atoms with Gasteiger partial charge in [-0.3, -0.25) is 9.59 Å². The molecule has 3 aromatic carbocycles. The predicted molar refractivity (Wildman–Crippen MR) is 145 cm³/mol. The second-order valence-electron chi connectivity index (χ2n) is 8.43. The van der Waals surface area contributed by atoms with Crippen LogP contribution in [0.25, 0.3) is 11.3 Å². The lowest BCUT2D eigenvalue weighted by Gasteiger charge is -2.15. The molecule has 1 unspecified atom stereocenters. The Labute approximate surface area is 220 Å². The number of carbonyl (C=O) groups is 2. The average Bonchev–Trinajstić information content (AvgIpc) is 2.99. The number of benzene rings is 3. The Kier molecular flexibility index (Phi) is 6.64. The van der Waals surface area contributed by atoms with Crippen LogP contribution in [0, 0.1) is 9.39 Å². The van der Waals surface area contributed by atoms with Crippen LogP contribution in [-0.4, -0.2) is 21.8 Å². The number of hydrogen-bond donors (Lipinski definition) is 3. The first-order valence-electron chi connectivity index (χ1n) is 11.2. The topological polar surface area (TPSA) is 96.0 Å². The SMILES string of the molecule is CC(NC(=O)c1ccc(Nc2ncc3c(n2)-c2ccc(I)cc2NC(=O)C3)cc1)c1ccc(F)cc1. The van der Waals surface area contributed by atoms with E-state index in [1.165, 1.54) is 12.1 Å². The van der Waals surface area contributed by atoms with Crippen molar-refractivity contribution in [3.63, 3.8) is 0 Å². The smallest absolute Gasteiger partial charge is 0.251 e. The van der Waals surface area contributed by atoms with E-state index in [-0.39, 0.29) is 30.1 Å². The van der Waals surface area contributed by atoms with Crippen molar-refractivity contribution in [2.24, 2.45) is 0 Å². The molecular weight excluding hydrogens is 572 g/mol. The summed E-state index contributed by atoms with van der Waals surface area (Å²) < 4.78 is 14.2. The summed E-state index contributed by atoms with van der Waals surface area (Å²) in [7, 11) is 0. The Hall–Kier alpha value is -3.86. The highest BCUT2D eigenvalue weighted by atomic mass is 127. The summed E-state index contributed by atoms with van der Waals surface area (Å²) in [5.41, 5.74) is 5.03. The van der Waals surface area contributed by atoms with Crippen LogP contribution >= 0.6 is 22.6 Å². The van der Waals surface area contributed by atoms with E-state index in [4.69, 9.17) is 0 Å². The summed E-state index contributed by atoms with van der Waals surface area (Å²) in [6.45, 7) is 1.85. The summed E-state index contributed by atoms with van der Waals surface area (Å²) in [5, 5.41) is 9.02. The number of fused-ring (bicyclic) bond motifs is 3. The molecule has 0 fully saturated rings. The van der Waals surface area contributed by atoms with Gasteiger partial charge >= 0.3 is 0 Å². The van der Waals surface area contributed by atoms with Crippen LogP contribution in [0.3, 0.4) is 0 Å². The van der Waals surface area contributed by atoms with Crippen LogP contribution in [0.2, 0.25) is 0 Å². The Morgan fingerprint density at radius 1 is 1.08 bits per heavy atom. The number of rotatable bonds is 5. The van der Waals surface area contributed by atoms with E-state index in [0.29, 0.717) is 22.9 Å². The second kappa shape index (κ2) is 10.0. The Bertz CT molecular complexity index is 1460. The number of nitrogens with zero attached hydrogens (tertiary/aromatic N) is 2. The first-order valence-corrected chi connectivity index (χ1v) is 12.3. The minimum absolute atomic E-state index is 0.107. The van der Waals surface area contributed by atoms with Gasteiger partial charge in [0.05, 0.1) is 23.8 Å². The molecule has 2 amide bonds. The fourth-order valence-electron chi connectivity index (χ4n) is 3.97. The summed E-state index contributed by atoms with van der Waals surface area (Å²) in [4.78, 5) is 34.0. The van der Waals surface area contributed by atoms with E-state index < -0.39 is 0 Å². The van der Waals surface area contributed by atoms with E-state index in [2.05, 4.69) is 48.5 Å². The molecule has 0 bridgehead atoms. The largest absolute Gasteiger partial charge is 0.346 e. The third-order valence-electron chi connectivity index (χ3n) is 5.85. The fourth-order valence-corrected chi connectivity index (χ4v) is 4.46. The van der Waals surface area contributed by atoms with Crippen molar-refractivity contribution in [2.75, 3.05) is 10.6 Å². The van der Waals surface area contributed by atoms with Gasteiger partial charge in [-0.05, 0) is 89.7 Å². The lowest BCUT2D eigenvalue weighted by molar-refractivity contribution is -0.115. The Balaban J connectivity index is 1.32. The van der Waals surface area contributed by atoms with E-state index in [1.54, 1.807) is 42.6 Å². The summed E-state index contributed by atoms with van der Waals surface area (Å²) in [6.07, 6.45) is 1.86. The van der Waals surface area contributed by atoms with Crippen LogP contribution in [0.1, 0.15) is 34.5 Å². The molecule has 1 aliphatic heterocycles. The molecule has 0 radical (unpaired) electrons. The lowest BCUT2D eigenvalue weighted by atomic mass is 10.1. The molecule has 4 aromatic rings. The molecular formula is C27H21FIN5O2. The molecule has 0 saturated carbocycles. The fraction of sp³-hybridized carbons (Fsp3) is 0.111. The minimum Gasteiger partial charge on any atom is -0.346 e. The third-order valence-corrected chi connectivity index (χ3v) is 6.52. The molecule has 0 saturated heterocycles. The first-order chi connectivity index (χ1) is 17.4. The van der Waals surface area contributed by atoms with E-state index in [1.807, 2.05) is 25.1 Å². The molecule has 1 aliphatic rings. The maximum absolute atomic E-state index is 13.1. The highest BCUT2D eigenvalue weighted by molar-refractivity contribution is 14.1. The van der Waals surface area contributed by atoms with Gasteiger partial charge in [0.1, 0.15) is 5.82 Å². The Morgan fingerprint density at radius 2 is 1.83 bits per heavy atom. The van der Waals surface area contributed by atoms with Crippen LogP contribution in [0.5, 0.6) is 0 Å². The first kappa shape index (κ1) is 23.9. The minimum atomic E-state index is -0.317. The van der Waals surface area contributed by atoms with Gasteiger partial charge in [-0.2, -0.15) is 0 Å². The molecule has 3 N–H and O–H groups in total. The molecule has 180 valence electrons. The number of anilines is 3. The number of carbonyl (C=O) groups excluding carboxylic acids is 2. The molecule has 5 rings (SSSR count). The van der Waals surface area contributed by atoms with Crippen LogP contribution < -0.4 is 16.0 Å². The molecule has 7 nitrogen and oxygen atoms in total. The van der Waals surface area contributed by atoms with Crippen molar-refractivity contribution in [3.8, 4) is 11.3 Å².